The summed E-state index contributed by atoms with van der Waals surface area (Å²) in [6.07, 6.45) is 0.311. The minimum atomic E-state index is -0.289. The number of halogens is 1. The van der Waals surface area contributed by atoms with Crippen LogP contribution >= 0.6 is 0 Å². The number of para-hydroxylation sites is 1. The summed E-state index contributed by atoms with van der Waals surface area (Å²) in [5.41, 5.74) is 3.30. The lowest BCUT2D eigenvalue weighted by Crippen LogP contribution is -2.23. The van der Waals surface area contributed by atoms with Crippen LogP contribution in [0.25, 0.3) is 0 Å². The van der Waals surface area contributed by atoms with Gasteiger partial charge in [0.1, 0.15) is 24.0 Å². The highest BCUT2D eigenvalue weighted by Gasteiger charge is 2.31. The molecule has 0 radical (unpaired) electrons. The Kier molecular flexibility index (Phi) is 5.29. The number of nitrogens with one attached hydrogen (secondary N) is 3. The van der Waals surface area contributed by atoms with Gasteiger partial charge in [0.05, 0.1) is 0 Å². The molecule has 2 heterocycles. The fourth-order valence-corrected chi connectivity index (χ4v) is 3.87. The number of hydrogen-bond donors (Lipinski definition) is 3. The Hall–Kier alpha value is -4.13. The van der Waals surface area contributed by atoms with Crippen LogP contribution in [0, 0.1) is 5.82 Å². The topological polar surface area (TPSA) is 79.0 Å². The second kappa shape index (κ2) is 8.55. The van der Waals surface area contributed by atoms with E-state index >= 15 is 0 Å². The monoisotopic (exact) mass is 428 g/mol. The lowest BCUT2D eigenvalue weighted by Gasteiger charge is -2.23. The zero-order valence-corrected chi connectivity index (χ0v) is 17.1. The summed E-state index contributed by atoms with van der Waals surface area (Å²) in [4.78, 5) is 12.3. The summed E-state index contributed by atoms with van der Waals surface area (Å²) in [6, 6.07) is 23.9. The van der Waals surface area contributed by atoms with Gasteiger partial charge < -0.3 is 15.4 Å². The van der Waals surface area contributed by atoms with Gasteiger partial charge in [0.2, 0.25) is 5.91 Å². The Bertz CT molecular complexity index is 1240. The second-order valence-electron chi connectivity index (χ2n) is 7.61. The maximum absolute atomic E-state index is 13.8. The van der Waals surface area contributed by atoms with E-state index in [2.05, 4.69) is 20.8 Å². The Labute approximate surface area is 184 Å². The van der Waals surface area contributed by atoms with E-state index in [1.807, 2.05) is 54.6 Å². The third-order valence-electron chi connectivity index (χ3n) is 5.48. The van der Waals surface area contributed by atoms with Crippen molar-refractivity contribution in [1.82, 2.24) is 10.2 Å². The predicted octanol–water partition coefficient (Wildman–Crippen LogP) is 5.35. The number of nitrogens with zero attached hydrogens (tertiary/aromatic N) is 1. The van der Waals surface area contributed by atoms with Crippen LogP contribution in [0.15, 0.2) is 78.9 Å². The first-order chi connectivity index (χ1) is 15.7. The quantitative estimate of drug-likeness (QED) is 0.387. The Morgan fingerprint density at radius 3 is 2.53 bits per heavy atom. The van der Waals surface area contributed by atoms with Crippen molar-refractivity contribution in [3.63, 3.8) is 0 Å². The first kappa shape index (κ1) is 19.8. The second-order valence-corrected chi connectivity index (χ2v) is 7.61. The van der Waals surface area contributed by atoms with Gasteiger partial charge in [-0.25, -0.2) is 4.39 Å². The summed E-state index contributed by atoms with van der Waals surface area (Å²) in [5.74, 6) is 1.38. The number of fused-ring (bicyclic) bond motifs is 1. The number of ether oxygens (including phenoxy) is 1. The molecule has 0 fully saturated rings. The van der Waals surface area contributed by atoms with Gasteiger partial charge in [0, 0.05) is 29.2 Å². The first-order valence-electron chi connectivity index (χ1n) is 10.3. The van der Waals surface area contributed by atoms with E-state index in [1.165, 1.54) is 6.07 Å². The van der Waals surface area contributed by atoms with Crippen molar-refractivity contribution >= 4 is 23.2 Å². The number of hydrogen-bond acceptors (Lipinski definition) is 4. The maximum Gasteiger partial charge on any atom is 0.226 e. The normalized spacial score (nSPS) is 15.0. The highest BCUT2D eigenvalue weighted by molar-refractivity contribution is 5.95. The van der Waals surface area contributed by atoms with Crippen LogP contribution in [-0.4, -0.2) is 16.1 Å². The average molecular weight is 428 g/mol. The molecule has 1 aliphatic heterocycles. The molecular formula is C25H21FN4O2. The van der Waals surface area contributed by atoms with Crippen molar-refractivity contribution in [1.29, 1.82) is 0 Å². The van der Waals surface area contributed by atoms with Crippen LogP contribution in [0.1, 0.15) is 29.0 Å². The summed E-state index contributed by atoms with van der Waals surface area (Å²) >= 11 is 0. The number of H-pyrrole nitrogens is 1. The number of carbonyl (C=O) groups is 1. The van der Waals surface area contributed by atoms with E-state index in [0.29, 0.717) is 23.6 Å². The summed E-state index contributed by atoms with van der Waals surface area (Å²) in [5, 5.41) is 13.5. The number of aromatic nitrogens is 2. The molecule has 160 valence electrons. The minimum absolute atomic E-state index is 0.0832. The van der Waals surface area contributed by atoms with E-state index in [-0.39, 0.29) is 24.2 Å². The molecule has 1 aliphatic rings. The third-order valence-corrected chi connectivity index (χ3v) is 5.48. The van der Waals surface area contributed by atoms with Gasteiger partial charge in [-0.1, -0.05) is 48.5 Å². The summed E-state index contributed by atoms with van der Waals surface area (Å²) < 4.78 is 19.6. The highest BCUT2D eigenvalue weighted by atomic mass is 19.1. The molecule has 0 saturated carbocycles. The number of amides is 1. The van der Waals surface area contributed by atoms with E-state index in [0.717, 1.165) is 22.6 Å². The molecule has 32 heavy (non-hydrogen) atoms. The Morgan fingerprint density at radius 2 is 1.75 bits per heavy atom. The number of benzene rings is 3. The molecular weight excluding hydrogens is 407 g/mol. The standard InChI is InChI=1S/C25H21FN4O2/c26-21-9-5-4-6-17(21)15-32-19-12-10-16(11-13-19)20-14-22(31)28-25-23(20)24(29-30-25)27-18-7-2-1-3-8-18/h1-13,20H,14-15H2,(H3,27,28,29,30,31)/t20-/m1/s1. The number of anilines is 3. The third kappa shape index (κ3) is 4.05. The first-order valence-corrected chi connectivity index (χ1v) is 10.3. The number of carbonyl (C=O) groups excluding carboxylic acids is 1. The molecule has 7 heteroatoms. The minimum Gasteiger partial charge on any atom is -0.489 e. The Balaban J connectivity index is 1.37. The number of rotatable bonds is 6. The molecule has 0 saturated heterocycles. The average Bonchev–Trinajstić information content (AvgIpc) is 3.21. The number of aromatic amines is 1. The molecule has 1 aromatic heterocycles. The van der Waals surface area contributed by atoms with Crippen LogP contribution in [0.4, 0.5) is 21.7 Å². The van der Waals surface area contributed by atoms with Gasteiger partial charge in [-0.3, -0.25) is 9.89 Å². The van der Waals surface area contributed by atoms with Crippen LogP contribution < -0.4 is 15.4 Å². The molecule has 5 rings (SSSR count). The van der Waals surface area contributed by atoms with Crippen LogP contribution in [0.5, 0.6) is 5.75 Å². The SMILES string of the molecule is O=C1C[C@H](c2ccc(OCc3ccccc3F)cc2)c2c(n[nH]c2Nc2ccccc2)N1. The van der Waals surface area contributed by atoms with Gasteiger partial charge in [0.25, 0.3) is 0 Å². The molecule has 6 nitrogen and oxygen atoms in total. The van der Waals surface area contributed by atoms with E-state index < -0.39 is 0 Å². The van der Waals surface area contributed by atoms with Crippen molar-refractivity contribution in [3.05, 3.63) is 101 Å². The lowest BCUT2D eigenvalue weighted by atomic mass is 9.86. The molecule has 0 bridgehead atoms. The van der Waals surface area contributed by atoms with Crippen LogP contribution in [0.2, 0.25) is 0 Å². The highest BCUT2D eigenvalue weighted by Crippen LogP contribution is 2.41. The molecule has 4 aromatic rings. The van der Waals surface area contributed by atoms with E-state index in [1.54, 1.807) is 18.2 Å². The van der Waals surface area contributed by atoms with Crippen molar-refractivity contribution in [2.24, 2.45) is 0 Å². The zero-order chi connectivity index (χ0) is 21.9. The largest absolute Gasteiger partial charge is 0.489 e. The zero-order valence-electron chi connectivity index (χ0n) is 17.1. The molecule has 0 spiro atoms. The van der Waals surface area contributed by atoms with Crippen molar-refractivity contribution in [3.8, 4) is 5.75 Å². The molecule has 3 N–H and O–H groups in total. The van der Waals surface area contributed by atoms with E-state index in [9.17, 15) is 9.18 Å². The van der Waals surface area contributed by atoms with Gasteiger partial charge >= 0.3 is 0 Å². The smallest absolute Gasteiger partial charge is 0.226 e. The Morgan fingerprint density at radius 1 is 1.00 bits per heavy atom. The van der Waals surface area contributed by atoms with Gasteiger partial charge in [-0.2, -0.15) is 5.10 Å². The molecule has 1 atom stereocenters. The van der Waals surface area contributed by atoms with Crippen LogP contribution in [-0.2, 0) is 11.4 Å². The van der Waals surface area contributed by atoms with Gasteiger partial charge in [-0.15, -0.1) is 0 Å². The molecule has 1 amide bonds. The lowest BCUT2D eigenvalue weighted by molar-refractivity contribution is -0.116. The van der Waals surface area contributed by atoms with Gasteiger partial charge in [0.15, 0.2) is 5.82 Å². The molecule has 0 aliphatic carbocycles. The maximum atomic E-state index is 13.8. The molecule has 0 unspecified atom stereocenters. The molecule has 3 aromatic carbocycles. The van der Waals surface area contributed by atoms with Crippen LogP contribution in [0.3, 0.4) is 0 Å². The fourth-order valence-electron chi connectivity index (χ4n) is 3.87. The summed E-state index contributed by atoms with van der Waals surface area (Å²) in [7, 11) is 0. The van der Waals surface area contributed by atoms with Crippen molar-refractivity contribution in [2.75, 3.05) is 10.6 Å². The van der Waals surface area contributed by atoms with Gasteiger partial charge in [-0.05, 0) is 35.9 Å². The van der Waals surface area contributed by atoms with Crippen molar-refractivity contribution in [2.45, 2.75) is 18.9 Å². The summed E-state index contributed by atoms with van der Waals surface area (Å²) in [6.45, 7) is 0.148. The van der Waals surface area contributed by atoms with Crippen molar-refractivity contribution < 1.29 is 13.9 Å². The fraction of sp³-hybridized carbons (Fsp3) is 0.120. The predicted molar refractivity (Wildman–Crippen MR) is 121 cm³/mol. The van der Waals surface area contributed by atoms with E-state index in [4.69, 9.17) is 4.74 Å².